The van der Waals surface area contributed by atoms with E-state index in [9.17, 15) is 9.18 Å². The molecule has 0 heterocycles. The lowest BCUT2D eigenvalue weighted by molar-refractivity contribution is 0.0983. The number of carbonyl (C=O) groups is 1. The van der Waals surface area contributed by atoms with Gasteiger partial charge in [0.25, 0.3) is 0 Å². The van der Waals surface area contributed by atoms with Gasteiger partial charge in [0.1, 0.15) is 11.6 Å². The number of rotatable bonds is 6. The zero-order chi connectivity index (χ0) is 12.8. The highest BCUT2D eigenvalue weighted by molar-refractivity contribution is 5.98. The molecule has 0 aromatic heterocycles. The first-order valence-corrected chi connectivity index (χ1v) is 6.00. The van der Waals surface area contributed by atoms with Crippen LogP contribution in [-0.4, -0.2) is 12.4 Å². The highest BCUT2D eigenvalue weighted by atomic mass is 19.1. The summed E-state index contributed by atoms with van der Waals surface area (Å²) in [5.74, 6) is 0.529. The van der Waals surface area contributed by atoms with Crippen molar-refractivity contribution in [3.8, 4) is 5.75 Å². The minimum Gasteiger partial charge on any atom is -0.493 e. The molecule has 3 heteroatoms. The van der Waals surface area contributed by atoms with E-state index in [-0.39, 0.29) is 5.78 Å². The van der Waals surface area contributed by atoms with Crippen molar-refractivity contribution in [1.82, 2.24) is 0 Å². The van der Waals surface area contributed by atoms with Crippen LogP contribution in [0.1, 0.15) is 44.0 Å². The fourth-order valence-electron chi connectivity index (χ4n) is 1.44. The standard InChI is InChI=1S/C14H19FO2/c1-4-13(16)12-9-11(15)5-6-14(12)17-8-7-10(2)3/h5-6,9-10H,4,7-8H2,1-3H3. The van der Waals surface area contributed by atoms with Gasteiger partial charge in [-0.15, -0.1) is 0 Å². The lowest BCUT2D eigenvalue weighted by Gasteiger charge is -2.11. The molecule has 17 heavy (non-hydrogen) atoms. The predicted molar refractivity (Wildman–Crippen MR) is 66.0 cm³/mol. The van der Waals surface area contributed by atoms with Crippen molar-refractivity contribution in [2.75, 3.05) is 6.61 Å². The summed E-state index contributed by atoms with van der Waals surface area (Å²) in [6.45, 7) is 6.51. The molecule has 0 aliphatic rings. The average Bonchev–Trinajstić information content (AvgIpc) is 2.29. The van der Waals surface area contributed by atoms with Crippen LogP contribution in [0.25, 0.3) is 0 Å². The number of carbonyl (C=O) groups excluding carboxylic acids is 1. The van der Waals surface area contributed by atoms with Crippen LogP contribution in [0.5, 0.6) is 5.75 Å². The van der Waals surface area contributed by atoms with Gasteiger partial charge in [0.2, 0.25) is 0 Å². The molecule has 0 aliphatic heterocycles. The SMILES string of the molecule is CCC(=O)c1cc(F)ccc1OCCC(C)C. The van der Waals surface area contributed by atoms with Crippen molar-refractivity contribution < 1.29 is 13.9 Å². The normalized spacial score (nSPS) is 10.6. The number of halogens is 1. The molecule has 0 bridgehead atoms. The van der Waals surface area contributed by atoms with Gasteiger partial charge in [0.05, 0.1) is 12.2 Å². The second-order valence-electron chi connectivity index (χ2n) is 4.45. The fourth-order valence-corrected chi connectivity index (χ4v) is 1.44. The van der Waals surface area contributed by atoms with Gasteiger partial charge in [0.15, 0.2) is 5.78 Å². The first-order valence-electron chi connectivity index (χ1n) is 6.00. The van der Waals surface area contributed by atoms with Crippen LogP contribution in [0.15, 0.2) is 18.2 Å². The Kier molecular flexibility index (Phi) is 5.13. The Morgan fingerprint density at radius 2 is 2.12 bits per heavy atom. The molecule has 1 aromatic rings. The van der Waals surface area contributed by atoms with Crippen molar-refractivity contribution in [1.29, 1.82) is 0 Å². The molecular formula is C14H19FO2. The Bertz CT molecular complexity index is 386. The molecule has 0 N–H and O–H groups in total. The second-order valence-corrected chi connectivity index (χ2v) is 4.45. The van der Waals surface area contributed by atoms with Crippen LogP contribution in [0.4, 0.5) is 4.39 Å². The molecule has 0 spiro atoms. The van der Waals surface area contributed by atoms with Crippen LogP contribution in [0.2, 0.25) is 0 Å². The first-order chi connectivity index (χ1) is 8.04. The van der Waals surface area contributed by atoms with Crippen LogP contribution in [0, 0.1) is 11.7 Å². The number of hydrogen-bond acceptors (Lipinski definition) is 2. The summed E-state index contributed by atoms with van der Waals surface area (Å²) in [5, 5.41) is 0. The van der Waals surface area contributed by atoms with Crippen molar-refractivity contribution >= 4 is 5.78 Å². The van der Waals surface area contributed by atoms with E-state index in [4.69, 9.17) is 4.74 Å². The highest BCUT2D eigenvalue weighted by Crippen LogP contribution is 2.21. The van der Waals surface area contributed by atoms with Gasteiger partial charge >= 0.3 is 0 Å². The summed E-state index contributed by atoms with van der Waals surface area (Å²) < 4.78 is 18.6. The van der Waals surface area contributed by atoms with Gasteiger partial charge in [-0.3, -0.25) is 4.79 Å². The molecule has 0 radical (unpaired) electrons. The van der Waals surface area contributed by atoms with Crippen molar-refractivity contribution in [2.24, 2.45) is 5.92 Å². The van der Waals surface area contributed by atoms with E-state index < -0.39 is 5.82 Å². The van der Waals surface area contributed by atoms with Crippen molar-refractivity contribution in [3.05, 3.63) is 29.6 Å². The Morgan fingerprint density at radius 1 is 1.41 bits per heavy atom. The number of benzene rings is 1. The Balaban J connectivity index is 2.79. The lowest BCUT2D eigenvalue weighted by Crippen LogP contribution is -2.06. The lowest BCUT2D eigenvalue weighted by atomic mass is 10.1. The van der Waals surface area contributed by atoms with Crippen molar-refractivity contribution in [2.45, 2.75) is 33.6 Å². The summed E-state index contributed by atoms with van der Waals surface area (Å²) in [6, 6.07) is 4.09. The number of ether oxygens (including phenoxy) is 1. The summed E-state index contributed by atoms with van der Waals surface area (Å²) in [5.41, 5.74) is 0.344. The number of Topliss-reactive ketones (excluding diaryl/α,β-unsaturated/α-hetero) is 1. The summed E-state index contributed by atoms with van der Waals surface area (Å²) in [6.07, 6.45) is 1.27. The Morgan fingerprint density at radius 3 is 2.71 bits per heavy atom. The molecular weight excluding hydrogens is 219 g/mol. The molecule has 1 aromatic carbocycles. The molecule has 0 unspecified atom stereocenters. The monoisotopic (exact) mass is 238 g/mol. The number of hydrogen-bond donors (Lipinski definition) is 0. The van der Waals surface area contributed by atoms with E-state index in [1.54, 1.807) is 6.92 Å². The summed E-state index contributed by atoms with van der Waals surface area (Å²) in [4.78, 5) is 11.6. The van der Waals surface area contributed by atoms with Gasteiger partial charge in [-0.1, -0.05) is 20.8 Å². The van der Waals surface area contributed by atoms with Gasteiger partial charge in [-0.05, 0) is 30.5 Å². The van der Waals surface area contributed by atoms with Gasteiger partial charge in [0, 0.05) is 6.42 Å². The van der Waals surface area contributed by atoms with E-state index in [1.807, 2.05) is 0 Å². The third kappa shape index (κ3) is 4.17. The molecule has 0 fully saturated rings. The third-order valence-electron chi connectivity index (χ3n) is 2.52. The van der Waals surface area contributed by atoms with Gasteiger partial charge < -0.3 is 4.74 Å². The van der Waals surface area contributed by atoms with Crippen LogP contribution >= 0.6 is 0 Å². The molecule has 1 rings (SSSR count). The Hall–Kier alpha value is -1.38. The Labute approximate surface area is 102 Å². The molecule has 2 nitrogen and oxygen atoms in total. The second kappa shape index (κ2) is 6.38. The van der Waals surface area contributed by atoms with Crippen molar-refractivity contribution in [3.63, 3.8) is 0 Å². The van der Waals surface area contributed by atoms with E-state index in [0.717, 1.165) is 6.42 Å². The third-order valence-corrected chi connectivity index (χ3v) is 2.52. The van der Waals surface area contributed by atoms with Gasteiger partial charge in [-0.25, -0.2) is 4.39 Å². The molecule has 0 saturated heterocycles. The fraction of sp³-hybridized carbons (Fsp3) is 0.500. The topological polar surface area (TPSA) is 26.3 Å². The zero-order valence-corrected chi connectivity index (χ0v) is 10.6. The van der Waals surface area contributed by atoms with E-state index in [0.29, 0.717) is 30.3 Å². The smallest absolute Gasteiger partial charge is 0.166 e. The maximum atomic E-state index is 13.1. The van der Waals surface area contributed by atoms with E-state index >= 15 is 0 Å². The minimum absolute atomic E-state index is 0.0935. The maximum Gasteiger partial charge on any atom is 0.166 e. The summed E-state index contributed by atoms with van der Waals surface area (Å²) in [7, 11) is 0. The molecule has 0 amide bonds. The van der Waals surface area contributed by atoms with E-state index in [2.05, 4.69) is 13.8 Å². The van der Waals surface area contributed by atoms with Crippen LogP contribution in [-0.2, 0) is 0 Å². The molecule has 94 valence electrons. The van der Waals surface area contributed by atoms with Gasteiger partial charge in [-0.2, -0.15) is 0 Å². The largest absolute Gasteiger partial charge is 0.493 e. The molecule has 0 saturated carbocycles. The first kappa shape index (κ1) is 13.7. The quantitative estimate of drug-likeness (QED) is 0.704. The molecule has 0 aliphatic carbocycles. The van der Waals surface area contributed by atoms with Crippen LogP contribution in [0.3, 0.4) is 0 Å². The van der Waals surface area contributed by atoms with Crippen LogP contribution < -0.4 is 4.74 Å². The minimum atomic E-state index is -0.405. The van der Waals surface area contributed by atoms with E-state index in [1.165, 1.54) is 18.2 Å². The zero-order valence-electron chi connectivity index (χ0n) is 10.6. The average molecular weight is 238 g/mol. The summed E-state index contributed by atoms with van der Waals surface area (Å²) >= 11 is 0. The number of ketones is 1. The highest BCUT2D eigenvalue weighted by Gasteiger charge is 2.12. The maximum absolute atomic E-state index is 13.1. The molecule has 0 atom stereocenters. The predicted octanol–water partition coefficient (Wildman–Crippen LogP) is 3.84.